The number of nitrogens with zero attached hydrogens (tertiary/aromatic N) is 3. The number of nitriles is 1. The second-order valence-electron chi connectivity index (χ2n) is 8.85. The number of hydrogen-bond donors (Lipinski definition) is 1. The summed E-state index contributed by atoms with van der Waals surface area (Å²) in [6, 6.07) is 9.80. The summed E-state index contributed by atoms with van der Waals surface area (Å²) in [7, 11) is 0. The minimum atomic E-state index is -2.39. The summed E-state index contributed by atoms with van der Waals surface area (Å²) in [5.41, 5.74) is -2.10. The molecule has 2 rings (SSSR count). The minimum Gasteiger partial charge on any atom is -0.479 e. The van der Waals surface area contributed by atoms with Crippen molar-refractivity contribution in [3.63, 3.8) is 0 Å². The van der Waals surface area contributed by atoms with E-state index in [1.54, 1.807) is 51.1 Å². The zero-order valence-corrected chi connectivity index (χ0v) is 21.6. The van der Waals surface area contributed by atoms with Gasteiger partial charge in [-0.25, -0.2) is 14.4 Å². The van der Waals surface area contributed by atoms with Crippen LogP contribution < -0.4 is 0 Å². The van der Waals surface area contributed by atoms with Crippen molar-refractivity contribution in [1.29, 1.82) is 5.26 Å². The maximum atomic E-state index is 13.0. The van der Waals surface area contributed by atoms with Crippen LogP contribution in [0.3, 0.4) is 0 Å². The molecule has 0 unspecified atom stereocenters. The first kappa shape index (κ1) is 28.8. The lowest BCUT2D eigenvalue weighted by molar-refractivity contribution is -0.190. The largest absolute Gasteiger partial charge is 0.479 e. The summed E-state index contributed by atoms with van der Waals surface area (Å²) >= 11 is 16.8. The molecule has 1 aromatic carbocycles. The highest BCUT2D eigenvalue weighted by molar-refractivity contribution is 6.66. The molecular formula is C22H26Cl3N3O7. The van der Waals surface area contributed by atoms with Gasteiger partial charge in [0.1, 0.15) is 12.2 Å². The molecule has 2 amide bonds. The topological polar surface area (TPSA) is 129 Å². The lowest BCUT2D eigenvalue weighted by Crippen LogP contribution is -2.65. The SMILES string of the molecule is CC(C)(C)OC(=O)N1C[C@H](N(OCc2ccccc2)C(=O)OC(Cl)(Cl)Cl)CC[C@]1(CC#N)C(=O)O. The number of carbonyl (C=O) groups excluding carboxylic acids is 2. The molecular weight excluding hydrogens is 525 g/mol. The third-order valence-corrected chi connectivity index (χ3v) is 5.34. The van der Waals surface area contributed by atoms with Gasteiger partial charge in [-0.2, -0.15) is 10.3 Å². The Morgan fingerprint density at radius 1 is 1.20 bits per heavy atom. The summed E-state index contributed by atoms with van der Waals surface area (Å²) in [5, 5.41) is 20.1. The van der Waals surface area contributed by atoms with Gasteiger partial charge in [-0.05, 0) is 74.0 Å². The predicted molar refractivity (Wildman–Crippen MR) is 126 cm³/mol. The van der Waals surface area contributed by atoms with Gasteiger partial charge in [0.15, 0.2) is 5.54 Å². The van der Waals surface area contributed by atoms with Gasteiger partial charge in [-0.3, -0.25) is 9.74 Å². The lowest BCUT2D eigenvalue weighted by Gasteiger charge is -2.47. The Hall–Kier alpha value is -2.45. The fraction of sp³-hybridized carbons (Fsp3) is 0.545. The van der Waals surface area contributed by atoms with Crippen LogP contribution in [0, 0.1) is 11.3 Å². The molecule has 1 N–H and O–H groups in total. The van der Waals surface area contributed by atoms with E-state index in [1.165, 1.54) is 0 Å². The maximum absolute atomic E-state index is 13.0. The average Bonchev–Trinajstić information content (AvgIpc) is 2.73. The van der Waals surface area contributed by atoms with E-state index in [2.05, 4.69) is 0 Å². The molecule has 35 heavy (non-hydrogen) atoms. The number of carboxylic acids is 1. The van der Waals surface area contributed by atoms with Crippen LogP contribution in [-0.4, -0.2) is 60.9 Å². The number of likely N-dealkylation sites (tertiary alicyclic amines) is 1. The molecule has 0 saturated carbocycles. The van der Waals surface area contributed by atoms with Crippen LogP contribution in [0.2, 0.25) is 0 Å². The van der Waals surface area contributed by atoms with Gasteiger partial charge >= 0.3 is 22.1 Å². The van der Waals surface area contributed by atoms with Crippen LogP contribution in [0.15, 0.2) is 30.3 Å². The summed E-state index contributed by atoms with van der Waals surface area (Å²) in [4.78, 5) is 44.8. The van der Waals surface area contributed by atoms with E-state index >= 15 is 0 Å². The fourth-order valence-corrected chi connectivity index (χ4v) is 3.75. The van der Waals surface area contributed by atoms with Crippen LogP contribution in [0.25, 0.3) is 0 Å². The van der Waals surface area contributed by atoms with Crippen molar-refractivity contribution in [2.45, 2.75) is 67.8 Å². The van der Waals surface area contributed by atoms with Crippen LogP contribution >= 0.6 is 34.8 Å². The number of alkyl halides is 3. The fourth-order valence-electron chi connectivity index (χ4n) is 3.56. The van der Waals surface area contributed by atoms with E-state index in [0.29, 0.717) is 5.56 Å². The summed E-state index contributed by atoms with van der Waals surface area (Å²) in [5.74, 6) is -1.37. The Bertz CT molecular complexity index is 960. The molecule has 0 bridgehead atoms. The summed E-state index contributed by atoms with van der Waals surface area (Å²) in [6.07, 6.45) is -2.74. The van der Waals surface area contributed by atoms with E-state index < -0.39 is 45.7 Å². The molecule has 1 heterocycles. The Morgan fingerprint density at radius 3 is 2.34 bits per heavy atom. The van der Waals surface area contributed by atoms with Crippen molar-refractivity contribution in [2.75, 3.05) is 6.54 Å². The van der Waals surface area contributed by atoms with Crippen LogP contribution in [0.4, 0.5) is 9.59 Å². The maximum Gasteiger partial charge on any atom is 0.437 e. The number of amides is 2. The van der Waals surface area contributed by atoms with Gasteiger partial charge in [0.25, 0.3) is 0 Å². The third-order valence-electron chi connectivity index (χ3n) is 5.11. The Morgan fingerprint density at radius 2 is 1.83 bits per heavy atom. The third kappa shape index (κ3) is 8.04. The first-order valence-electron chi connectivity index (χ1n) is 10.6. The zero-order chi connectivity index (χ0) is 26.4. The highest BCUT2D eigenvalue weighted by Crippen LogP contribution is 2.36. The summed E-state index contributed by atoms with van der Waals surface area (Å²) in [6.45, 7) is 4.44. The van der Waals surface area contributed by atoms with Gasteiger partial charge in [0.05, 0.1) is 18.5 Å². The van der Waals surface area contributed by atoms with E-state index in [4.69, 9.17) is 49.1 Å². The minimum absolute atomic E-state index is 0.0387. The average molecular weight is 551 g/mol. The van der Waals surface area contributed by atoms with Gasteiger partial charge in [0, 0.05) is 6.54 Å². The highest BCUT2D eigenvalue weighted by atomic mass is 35.6. The number of rotatable bonds is 6. The van der Waals surface area contributed by atoms with E-state index in [1.807, 2.05) is 6.07 Å². The lowest BCUT2D eigenvalue weighted by atomic mass is 9.82. The second kappa shape index (κ2) is 11.5. The van der Waals surface area contributed by atoms with Crippen molar-refractivity contribution >= 4 is 53.0 Å². The number of carbonyl (C=O) groups is 3. The van der Waals surface area contributed by atoms with E-state index in [0.717, 1.165) is 9.96 Å². The van der Waals surface area contributed by atoms with Gasteiger partial charge < -0.3 is 14.6 Å². The molecule has 0 aliphatic carbocycles. The predicted octanol–water partition coefficient (Wildman–Crippen LogP) is 5.02. The molecule has 1 aromatic rings. The normalized spacial score (nSPS) is 20.5. The molecule has 1 aliphatic heterocycles. The Kier molecular flexibility index (Phi) is 9.48. The number of ether oxygens (including phenoxy) is 2. The number of carboxylic acid groups (broad SMARTS) is 1. The number of hydrogen-bond acceptors (Lipinski definition) is 7. The van der Waals surface area contributed by atoms with Crippen LogP contribution in [0.5, 0.6) is 0 Å². The quantitative estimate of drug-likeness (QED) is 0.386. The Balaban J connectivity index is 2.39. The Labute approximate surface area is 218 Å². The molecule has 192 valence electrons. The number of hydroxylamine groups is 2. The van der Waals surface area contributed by atoms with Crippen LogP contribution in [0.1, 0.15) is 45.6 Å². The highest BCUT2D eigenvalue weighted by Gasteiger charge is 2.53. The van der Waals surface area contributed by atoms with Crippen molar-refractivity contribution < 1.29 is 33.8 Å². The molecule has 10 nitrogen and oxygen atoms in total. The molecule has 1 fully saturated rings. The van der Waals surface area contributed by atoms with Gasteiger partial charge in [0.2, 0.25) is 0 Å². The molecule has 0 aromatic heterocycles. The molecule has 2 atom stereocenters. The van der Waals surface area contributed by atoms with Crippen molar-refractivity contribution in [3.8, 4) is 6.07 Å². The van der Waals surface area contributed by atoms with Crippen molar-refractivity contribution in [2.24, 2.45) is 0 Å². The first-order chi connectivity index (χ1) is 16.2. The molecule has 1 aliphatic rings. The second-order valence-corrected chi connectivity index (χ2v) is 11.0. The van der Waals surface area contributed by atoms with Gasteiger partial charge in [-0.15, -0.1) is 0 Å². The van der Waals surface area contributed by atoms with Crippen molar-refractivity contribution in [1.82, 2.24) is 9.96 Å². The summed E-state index contributed by atoms with van der Waals surface area (Å²) < 4.78 is 7.83. The molecule has 0 radical (unpaired) electrons. The molecule has 13 heteroatoms. The molecule has 0 spiro atoms. The molecule has 1 saturated heterocycles. The monoisotopic (exact) mass is 549 g/mol. The number of piperidine rings is 1. The van der Waals surface area contributed by atoms with E-state index in [-0.39, 0.29) is 26.0 Å². The standard InChI is InChI=1S/C22H26Cl3N3O7/c1-20(2,3)34-18(31)27-13-16(9-10-21(27,11-12-26)17(29)30)28(19(32)35-22(23,24)25)33-14-15-7-5-4-6-8-15/h4-8,16H,9-11,13-14H2,1-3H3,(H,29,30)/t16-,21+/m1/s1. The number of benzene rings is 1. The first-order valence-corrected chi connectivity index (χ1v) is 11.7. The van der Waals surface area contributed by atoms with Gasteiger partial charge in [-0.1, -0.05) is 30.3 Å². The number of aliphatic carboxylic acids is 1. The van der Waals surface area contributed by atoms with Crippen molar-refractivity contribution in [3.05, 3.63) is 35.9 Å². The smallest absolute Gasteiger partial charge is 0.437 e. The van der Waals surface area contributed by atoms with Crippen LogP contribution in [-0.2, 0) is 25.7 Å². The zero-order valence-electron chi connectivity index (χ0n) is 19.4. The van der Waals surface area contributed by atoms with E-state index in [9.17, 15) is 24.8 Å². The number of halogens is 3.